The number of fused-ring (bicyclic) bond motifs is 1. The number of amides is 1. The Morgan fingerprint density at radius 3 is 2.49 bits per heavy atom. The molecule has 1 aliphatic heterocycles. The van der Waals surface area contributed by atoms with Gasteiger partial charge < -0.3 is 24.7 Å². The van der Waals surface area contributed by atoms with Crippen LogP contribution in [0.1, 0.15) is 46.3 Å². The summed E-state index contributed by atoms with van der Waals surface area (Å²) in [4.78, 5) is 24.0. The van der Waals surface area contributed by atoms with Gasteiger partial charge in [-0.2, -0.15) is 0 Å². The molecule has 2 atom stereocenters. The van der Waals surface area contributed by atoms with E-state index in [1.807, 2.05) is 13.8 Å². The van der Waals surface area contributed by atoms with E-state index >= 15 is 0 Å². The normalized spacial score (nSPS) is 15.1. The van der Waals surface area contributed by atoms with Crippen molar-refractivity contribution >= 4 is 23.5 Å². The first kappa shape index (κ1) is 27.1. The van der Waals surface area contributed by atoms with Gasteiger partial charge in [-0.1, -0.05) is 41.4 Å². The monoisotopic (exact) mass is 501 g/mol. The van der Waals surface area contributed by atoms with Crippen molar-refractivity contribution in [2.75, 3.05) is 6.61 Å². The molecule has 0 bridgehead atoms. The van der Waals surface area contributed by atoms with Crippen LogP contribution in [0.3, 0.4) is 0 Å². The largest absolute Gasteiger partial charge is 1.00 e. The van der Waals surface area contributed by atoms with E-state index in [-0.39, 0.29) is 53.1 Å². The zero-order valence-corrected chi connectivity index (χ0v) is 22.7. The molecule has 0 spiro atoms. The quantitative estimate of drug-likeness (QED) is 0.495. The summed E-state index contributed by atoms with van der Waals surface area (Å²) in [5, 5.41) is 14.7. The Morgan fingerprint density at radius 2 is 1.83 bits per heavy atom. The molecule has 0 aliphatic carbocycles. The van der Waals surface area contributed by atoms with Crippen LogP contribution in [0.2, 0.25) is 5.02 Å². The molecule has 8 heteroatoms. The van der Waals surface area contributed by atoms with Crippen LogP contribution < -0.4 is 49.5 Å². The van der Waals surface area contributed by atoms with Gasteiger partial charge in [0.1, 0.15) is 17.2 Å². The summed E-state index contributed by atoms with van der Waals surface area (Å²) in [6.45, 7) is 4.29. The van der Waals surface area contributed by atoms with Gasteiger partial charge in [-0.15, -0.1) is 0 Å². The third kappa shape index (κ3) is 6.79. The van der Waals surface area contributed by atoms with E-state index < -0.39 is 11.9 Å². The molecule has 1 amide bonds. The van der Waals surface area contributed by atoms with E-state index in [0.717, 1.165) is 6.42 Å². The molecule has 2 unspecified atom stereocenters. The molecule has 1 heterocycles. The second kappa shape index (κ2) is 12.0. The van der Waals surface area contributed by atoms with Gasteiger partial charge in [-0.25, -0.2) is 0 Å². The molecule has 0 aromatic heterocycles. The number of hydrogen-bond acceptors (Lipinski definition) is 5. The smallest absolute Gasteiger partial charge is 0.549 e. The summed E-state index contributed by atoms with van der Waals surface area (Å²) < 4.78 is 11.5. The van der Waals surface area contributed by atoms with Crippen LogP contribution >= 0.6 is 11.6 Å². The molecule has 0 radical (unpaired) electrons. The number of carbonyl (C=O) groups is 2. The van der Waals surface area contributed by atoms with Crippen molar-refractivity contribution in [1.29, 1.82) is 0 Å². The summed E-state index contributed by atoms with van der Waals surface area (Å²) in [5.41, 5.74) is 3.36. The van der Waals surface area contributed by atoms with E-state index in [9.17, 15) is 14.7 Å². The van der Waals surface area contributed by atoms with Gasteiger partial charge in [0, 0.05) is 35.1 Å². The first-order valence-electron chi connectivity index (χ1n) is 11.1. The van der Waals surface area contributed by atoms with Gasteiger partial charge in [0.25, 0.3) is 5.91 Å². The van der Waals surface area contributed by atoms with Crippen LogP contribution in [-0.4, -0.2) is 24.5 Å². The van der Waals surface area contributed by atoms with E-state index in [4.69, 9.17) is 21.1 Å². The molecule has 3 aromatic carbocycles. The number of rotatable bonds is 7. The predicted octanol–water partition coefficient (Wildman–Crippen LogP) is 1.42. The van der Waals surface area contributed by atoms with Crippen molar-refractivity contribution < 1.29 is 53.7 Å². The SMILES string of the molecule is Cc1ccc(CC(C)NC(=O)c2ccc(Oc3cc4c(cc3Cl)C(C(=O)[O-])CCO4)cc2)cc1.[Na+]. The van der Waals surface area contributed by atoms with Gasteiger partial charge in [-0.05, 0) is 62.6 Å². The Kier molecular flexibility index (Phi) is 9.25. The summed E-state index contributed by atoms with van der Waals surface area (Å²) in [7, 11) is 0. The molecule has 1 N–H and O–H groups in total. The van der Waals surface area contributed by atoms with Gasteiger partial charge in [0.2, 0.25) is 0 Å². The van der Waals surface area contributed by atoms with Gasteiger partial charge in [0.15, 0.2) is 0 Å². The minimum atomic E-state index is -1.16. The van der Waals surface area contributed by atoms with Crippen LogP contribution in [0.4, 0.5) is 0 Å². The molecular formula is C27H25ClNNaO5. The van der Waals surface area contributed by atoms with Crippen molar-refractivity contribution in [3.8, 4) is 17.2 Å². The fourth-order valence-electron chi connectivity index (χ4n) is 3.95. The fourth-order valence-corrected chi connectivity index (χ4v) is 4.16. The Bertz CT molecular complexity index is 1200. The number of nitrogens with one attached hydrogen (secondary N) is 1. The summed E-state index contributed by atoms with van der Waals surface area (Å²) in [6, 6.07) is 18.1. The Morgan fingerprint density at radius 1 is 1.14 bits per heavy atom. The number of ether oxygens (including phenoxy) is 2. The Balaban J connectivity index is 0.00000342. The maximum Gasteiger partial charge on any atom is 1.00 e. The number of aliphatic carboxylic acids is 1. The second-order valence-corrected chi connectivity index (χ2v) is 8.93. The molecule has 3 aromatic rings. The zero-order chi connectivity index (χ0) is 24.2. The standard InChI is InChI=1S/C27H26ClNO5.Na/c1-16-3-5-18(6-4-16)13-17(2)29-26(30)19-7-9-20(10-8-19)34-25-15-24-22(14-23(25)28)21(27(31)32)11-12-33-24;/h3-10,14-15,17,21H,11-13H2,1-2H3,(H,29,30)(H,31,32);/q;+1/p-1. The minimum absolute atomic E-state index is 0. The van der Waals surface area contributed by atoms with E-state index in [2.05, 4.69) is 29.6 Å². The Hall–Kier alpha value is -2.51. The van der Waals surface area contributed by atoms with E-state index in [1.165, 1.54) is 11.1 Å². The minimum Gasteiger partial charge on any atom is -0.549 e. The van der Waals surface area contributed by atoms with Crippen molar-refractivity contribution in [2.24, 2.45) is 0 Å². The van der Waals surface area contributed by atoms with Crippen LogP contribution in [0.15, 0.2) is 60.7 Å². The molecule has 4 rings (SSSR count). The summed E-state index contributed by atoms with van der Waals surface area (Å²) in [6.07, 6.45) is 1.07. The third-order valence-electron chi connectivity index (χ3n) is 5.77. The Labute approximate surface area is 231 Å². The number of carboxylic acid groups (broad SMARTS) is 1. The molecule has 176 valence electrons. The first-order valence-corrected chi connectivity index (χ1v) is 11.5. The predicted molar refractivity (Wildman–Crippen MR) is 128 cm³/mol. The van der Waals surface area contributed by atoms with Crippen LogP contribution in [0.25, 0.3) is 0 Å². The zero-order valence-electron chi connectivity index (χ0n) is 20.0. The molecule has 6 nitrogen and oxygen atoms in total. The van der Waals surface area contributed by atoms with Gasteiger partial charge >= 0.3 is 29.6 Å². The van der Waals surface area contributed by atoms with Crippen LogP contribution in [0, 0.1) is 6.92 Å². The number of aryl methyl sites for hydroxylation is 1. The average molecular weight is 502 g/mol. The van der Waals surface area contributed by atoms with E-state index in [0.29, 0.717) is 34.8 Å². The molecular weight excluding hydrogens is 477 g/mol. The molecule has 1 aliphatic rings. The van der Waals surface area contributed by atoms with Crippen molar-refractivity contribution in [3.05, 3.63) is 87.9 Å². The van der Waals surface area contributed by atoms with Gasteiger partial charge in [-0.3, -0.25) is 4.79 Å². The van der Waals surface area contributed by atoms with Crippen molar-refractivity contribution in [1.82, 2.24) is 5.32 Å². The number of carboxylic acids is 1. The van der Waals surface area contributed by atoms with Crippen molar-refractivity contribution in [3.63, 3.8) is 0 Å². The number of benzene rings is 3. The number of carbonyl (C=O) groups excluding carboxylic acids is 2. The molecule has 35 heavy (non-hydrogen) atoms. The molecule has 0 saturated carbocycles. The third-order valence-corrected chi connectivity index (χ3v) is 6.07. The average Bonchev–Trinajstić information content (AvgIpc) is 2.81. The maximum atomic E-state index is 12.6. The topological polar surface area (TPSA) is 87.7 Å². The van der Waals surface area contributed by atoms with Gasteiger partial charge in [0.05, 0.1) is 11.6 Å². The van der Waals surface area contributed by atoms with Crippen LogP contribution in [-0.2, 0) is 11.2 Å². The van der Waals surface area contributed by atoms with Crippen LogP contribution in [0.5, 0.6) is 17.2 Å². The second-order valence-electron chi connectivity index (χ2n) is 8.52. The number of halogens is 1. The first-order chi connectivity index (χ1) is 16.3. The molecule has 0 fully saturated rings. The van der Waals surface area contributed by atoms with Crippen molar-refractivity contribution in [2.45, 2.75) is 38.6 Å². The maximum absolute atomic E-state index is 12.6. The summed E-state index contributed by atoms with van der Waals surface area (Å²) >= 11 is 6.34. The van der Waals surface area contributed by atoms with E-state index in [1.54, 1.807) is 36.4 Å². The summed E-state index contributed by atoms with van der Waals surface area (Å²) in [5.74, 6) is -0.849. The molecule has 0 saturated heterocycles. The number of hydrogen-bond donors (Lipinski definition) is 1. The fraction of sp³-hybridized carbons (Fsp3) is 0.259.